The number of hydrogen-bond donors (Lipinski definition) is 0. The van der Waals surface area contributed by atoms with E-state index in [1.165, 1.54) is 4.90 Å². The monoisotopic (exact) mass is 245 g/mol. The molecular weight excluding hydrogens is 237 g/mol. The van der Waals surface area contributed by atoms with Gasteiger partial charge in [-0.1, -0.05) is 23.2 Å². The second kappa shape index (κ2) is 5.73. The molecule has 0 atom stereocenters. The van der Waals surface area contributed by atoms with Crippen molar-refractivity contribution in [3.8, 4) is 0 Å². The lowest BCUT2D eigenvalue weighted by Gasteiger charge is -2.16. The molecule has 1 rings (SSSR count). The summed E-state index contributed by atoms with van der Waals surface area (Å²) >= 11 is 11.5. The highest BCUT2D eigenvalue weighted by molar-refractivity contribution is 6.42. The first kappa shape index (κ1) is 12.0. The topological polar surface area (TPSA) is 37.4 Å². The van der Waals surface area contributed by atoms with Crippen LogP contribution in [0.2, 0.25) is 10.0 Å². The lowest BCUT2D eigenvalue weighted by molar-refractivity contribution is -0.108. The van der Waals surface area contributed by atoms with Crippen molar-refractivity contribution in [1.82, 2.24) is 0 Å². The molecule has 0 aliphatic carbocycles. The van der Waals surface area contributed by atoms with Crippen molar-refractivity contribution in [3.05, 3.63) is 28.2 Å². The summed E-state index contributed by atoms with van der Waals surface area (Å²) < 4.78 is 0. The molecule has 0 aromatic heterocycles. The molecule has 1 amide bonds. The van der Waals surface area contributed by atoms with E-state index in [1.54, 1.807) is 18.2 Å². The van der Waals surface area contributed by atoms with Crippen LogP contribution in [-0.4, -0.2) is 19.2 Å². The molecule has 3 nitrogen and oxygen atoms in total. The van der Waals surface area contributed by atoms with Gasteiger partial charge in [-0.15, -0.1) is 0 Å². The van der Waals surface area contributed by atoms with Gasteiger partial charge in [0.1, 0.15) is 6.29 Å². The Hall–Kier alpha value is -1.06. The Morgan fingerprint density at radius 1 is 1.20 bits per heavy atom. The van der Waals surface area contributed by atoms with Crippen molar-refractivity contribution in [1.29, 1.82) is 0 Å². The van der Waals surface area contributed by atoms with E-state index in [0.717, 1.165) is 6.29 Å². The fourth-order valence-electron chi connectivity index (χ4n) is 1.10. The van der Waals surface area contributed by atoms with Gasteiger partial charge in [-0.3, -0.25) is 4.79 Å². The van der Waals surface area contributed by atoms with Crippen LogP contribution in [0.5, 0.6) is 0 Å². The van der Waals surface area contributed by atoms with Crippen LogP contribution in [-0.2, 0) is 9.59 Å². The lowest BCUT2D eigenvalue weighted by atomic mass is 10.3. The number of rotatable bonds is 5. The molecule has 0 aliphatic heterocycles. The van der Waals surface area contributed by atoms with E-state index in [9.17, 15) is 9.59 Å². The summed E-state index contributed by atoms with van der Waals surface area (Å²) in [7, 11) is 0. The number of hydrogen-bond acceptors (Lipinski definition) is 2. The number of aldehydes is 1. The molecule has 80 valence electrons. The van der Waals surface area contributed by atoms with Gasteiger partial charge < -0.3 is 9.69 Å². The largest absolute Gasteiger partial charge is 0.315 e. The number of carbonyl (C=O) groups excluding carboxylic acids is 2. The first-order valence-electron chi connectivity index (χ1n) is 4.29. The summed E-state index contributed by atoms with van der Waals surface area (Å²) in [6.07, 6.45) is 1.70. The Balaban J connectivity index is 2.86. The molecule has 0 saturated heterocycles. The van der Waals surface area contributed by atoms with E-state index in [1.807, 2.05) is 0 Å². The number of nitrogens with zero attached hydrogens (tertiary/aromatic N) is 1. The average molecular weight is 246 g/mol. The quantitative estimate of drug-likeness (QED) is 0.748. The molecule has 0 heterocycles. The molecule has 0 fully saturated rings. The predicted molar refractivity (Wildman–Crippen MR) is 60.6 cm³/mol. The Bertz CT molecular complexity index is 368. The summed E-state index contributed by atoms with van der Waals surface area (Å²) in [5.74, 6) is 0. The van der Waals surface area contributed by atoms with E-state index < -0.39 is 0 Å². The van der Waals surface area contributed by atoms with Gasteiger partial charge in [0.05, 0.1) is 10.0 Å². The third-order valence-electron chi connectivity index (χ3n) is 1.85. The Morgan fingerprint density at radius 2 is 1.93 bits per heavy atom. The van der Waals surface area contributed by atoms with E-state index in [-0.39, 0.29) is 0 Å². The number of anilines is 1. The molecule has 0 aliphatic rings. The third-order valence-corrected chi connectivity index (χ3v) is 2.59. The maximum atomic E-state index is 10.7. The number of halogens is 2. The van der Waals surface area contributed by atoms with Gasteiger partial charge in [0, 0.05) is 18.7 Å². The first-order chi connectivity index (χ1) is 7.19. The van der Waals surface area contributed by atoms with E-state index >= 15 is 0 Å². The van der Waals surface area contributed by atoms with Crippen molar-refractivity contribution in [2.24, 2.45) is 0 Å². The molecule has 15 heavy (non-hydrogen) atoms. The Morgan fingerprint density at radius 3 is 2.47 bits per heavy atom. The van der Waals surface area contributed by atoms with Crippen LogP contribution in [0.3, 0.4) is 0 Å². The molecule has 1 aromatic rings. The minimum absolute atomic E-state index is 0.291. The summed E-state index contributed by atoms with van der Waals surface area (Å²) in [4.78, 5) is 22.3. The highest BCUT2D eigenvalue weighted by Crippen LogP contribution is 2.26. The minimum atomic E-state index is 0.291. The first-order valence-corrected chi connectivity index (χ1v) is 5.05. The summed E-state index contributed by atoms with van der Waals surface area (Å²) in [5, 5.41) is 0.814. The average Bonchev–Trinajstić information content (AvgIpc) is 2.24. The van der Waals surface area contributed by atoms with Crippen molar-refractivity contribution >= 4 is 41.6 Å². The summed E-state index contributed by atoms with van der Waals surface area (Å²) in [6.45, 7) is 0.338. The summed E-state index contributed by atoms with van der Waals surface area (Å²) in [6, 6.07) is 4.87. The smallest absolute Gasteiger partial charge is 0.214 e. The molecule has 0 unspecified atom stereocenters. The van der Waals surface area contributed by atoms with Crippen LogP contribution < -0.4 is 4.90 Å². The van der Waals surface area contributed by atoms with Crippen LogP contribution in [0.1, 0.15) is 6.42 Å². The molecular formula is C10H9Cl2NO2. The maximum absolute atomic E-state index is 10.7. The summed E-state index contributed by atoms with van der Waals surface area (Å²) in [5.41, 5.74) is 0.626. The van der Waals surface area contributed by atoms with Gasteiger partial charge in [-0.2, -0.15) is 0 Å². The van der Waals surface area contributed by atoms with Crippen molar-refractivity contribution in [2.75, 3.05) is 11.4 Å². The lowest BCUT2D eigenvalue weighted by Crippen LogP contribution is -2.22. The van der Waals surface area contributed by atoms with Crippen LogP contribution >= 0.6 is 23.2 Å². The second-order valence-corrected chi connectivity index (χ2v) is 3.67. The van der Waals surface area contributed by atoms with Crippen molar-refractivity contribution in [3.63, 3.8) is 0 Å². The van der Waals surface area contributed by atoms with Crippen molar-refractivity contribution in [2.45, 2.75) is 6.42 Å². The predicted octanol–water partition coefficient (Wildman–Crippen LogP) is 2.55. The highest BCUT2D eigenvalue weighted by Gasteiger charge is 2.06. The molecule has 0 spiro atoms. The van der Waals surface area contributed by atoms with Crippen LogP contribution in [0, 0.1) is 0 Å². The molecule has 5 heteroatoms. The Kier molecular flexibility index (Phi) is 4.59. The molecule has 0 bridgehead atoms. The third kappa shape index (κ3) is 3.22. The minimum Gasteiger partial charge on any atom is -0.315 e. The zero-order chi connectivity index (χ0) is 11.3. The van der Waals surface area contributed by atoms with Crippen molar-refractivity contribution < 1.29 is 9.59 Å². The normalized spacial score (nSPS) is 9.73. The van der Waals surface area contributed by atoms with Crippen LogP contribution in [0.15, 0.2) is 18.2 Å². The molecule has 1 aromatic carbocycles. The van der Waals surface area contributed by atoms with Gasteiger partial charge in [0.25, 0.3) is 0 Å². The van der Waals surface area contributed by atoms with Gasteiger partial charge >= 0.3 is 0 Å². The van der Waals surface area contributed by atoms with Crippen LogP contribution in [0.4, 0.5) is 5.69 Å². The standard InChI is InChI=1S/C10H9Cl2NO2/c11-9-3-2-8(6-10(9)12)13(7-15)4-1-5-14/h2-3,5-7H,1,4H2. The van der Waals surface area contributed by atoms with Crippen LogP contribution in [0.25, 0.3) is 0 Å². The molecule has 0 radical (unpaired) electrons. The number of benzene rings is 1. The number of carbonyl (C=O) groups is 2. The Labute approximate surface area is 97.6 Å². The maximum Gasteiger partial charge on any atom is 0.214 e. The fourth-order valence-corrected chi connectivity index (χ4v) is 1.39. The SMILES string of the molecule is O=CCCN(C=O)c1ccc(Cl)c(Cl)c1. The van der Waals surface area contributed by atoms with E-state index in [2.05, 4.69) is 0 Å². The molecule has 0 N–H and O–H groups in total. The van der Waals surface area contributed by atoms with E-state index in [4.69, 9.17) is 23.2 Å². The van der Waals surface area contributed by atoms with Gasteiger partial charge in [0.2, 0.25) is 6.41 Å². The van der Waals surface area contributed by atoms with Gasteiger partial charge in [0.15, 0.2) is 0 Å². The second-order valence-electron chi connectivity index (χ2n) is 2.85. The van der Waals surface area contributed by atoms with Gasteiger partial charge in [-0.05, 0) is 18.2 Å². The zero-order valence-corrected chi connectivity index (χ0v) is 9.33. The van der Waals surface area contributed by atoms with E-state index in [0.29, 0.717) is 35.1 Å². The van der Waals surface area contributed by atoms with Gasteiger partial charge in [-0.25, -0.2) is 0 Å². The molecule has 0 saturated carbocycles. The number of amides is 1. The zero-order valence-electron chi connectivity index (χ0n) is 7.82. The highest BCUT2D eigenvalue weighted by atomic mass is 35.5. The fraction of sp³-hybridized carbons (Fsp3) is 0.200.